The van der Waals surface area contributed by atoms with Crippen molar-refractivity contribution in [1.82, 2.24) is 9.97 Å². The lowest BCUT2D eigenvalue weighted by Gasteiger charge is -2.32. The van der Waals surface area contributed by atoms with E-state index in [4.69, 9.17) is 9.15 Å². The molecule has 1 saturated heterocycles. The molecule has 1 aliphatic heterocycles. The SMILES string of the molecule is Cc1ccc(C2CN(c3ncc(C)c(C)n3)CCO2)o1. The van der Waals surface area contributed by atoms with E-state index in [0.29, 0.717) is 6.61 Å². The maximum absolute atomic E-state index is 5.79. The van der Waals surface area contributed by atoms with Crippen LogP contribution in [0.25, 0.3) is 0 Å². The molecule has 0 aromatic carbocycles. The highest BCUT2D eigenvalue weighted by Crippen LogP contribution is 2.25. The molecule has 5 nitrogen and oxygen atoms in total. The van der Waals surface area contributed by atoms with E-state index >= 15 is 0 Å². The maximum atomic E-state index is 5.79. The topological polar surface area (TPSA) is 51.4 Å². The van der Waals surface area contributed by atoms with Gasteiger partial charge in [-0.3, -0.25) is 0 Å². The minimum Gasteiger partial charge on any atom is -0.464 e. The van der Waals surface area contributed by atoms with Crippen molar-refractivity contribution in [3.63, 3.8) is 0 Å². The summed E-state index contributed by atoms with van der Waals surface area (Å²) in [5.74, 6) is 2.55. The predicted octanol–water partition coefficient (Wildman–Crippen LogP) is 2.57. The van der Waals surface area contributed by atoms with E-state index in [2.05, 4.69) is 14.9 Å². The zero-order chi connectivity index (χ0) is 14.1. The Bertz CT molecular complexity index is 609. The Balaban J connectivity index is 1.79. The highest BCUT2D eigenvalue weighted by Gasteiger charge is 2.26. The lowest BCUT2D eigenvalue weighted by atomic mass is 10.2. The number of ether oxygens (including phenoxy) is 1. The van der Waals surface area contributed by atoms with Gasteiger partial charge in [0.2, 0.25) is 5.95 Å². The van der Waals surface area contributed by atoms with Crippen LogP contribution in [0.2, 0.25) is 0 Å². The summed E-state index contributed by atoms with van der Waals surface area (Å²) in [6.07, 6.45) is 1.82. The molecule has 0 bridgehead atoms. The van der Waals surface area contributed by atoms with Gasteiger partial charge in [0.15, 0.2) is 0 Å². The van der Waals surface area contributed by atoms with Crippen LogP contribution in [-0.2, 0) is 4.74 Å². The molecule has 3 rings (SSSR count). The van der Waals surface area contributed by atoms with Gasteiger partial charge < -0.3 is 14.1 Å². The van der Waals surface area contributed by atoms with Crippen LogP contribution < -0.4 is 4.90 Å². The van der Waals surface area contributed by atoms with Crippen LogP contribution in [0.3, 0.4) is 0 Å². The fourth-order valence-electron chi connectivity index (χ4n) is 2.30. The summed E-state index contributed by atoms with van der Waals surface area (Å²) in [6, 6.07) is 3.94. The second kappa shape index (κ2) is 5.25. The molecule has 2 aromatic rings. The minimum atomic E-state index is -0.0531. The van der Waals surface area contributed by atoms with Crippen molar-refractivity contribution >= 4 is 5.95 Å². The van der Waals surface area contributed by atoms with Crippen molar-refractivity contribution in [1.29, 1.82) is 0 Å². The summed E-state index contributed by atoms with van der Waals surface area (Å²) in [5.41, 5.74) is 2.13. The fourth-order valence-corrected chi connectivity index (χ4v) is 2.30. The molecule has 2 aromatic heterocycles. The number of aromatic nitrogens is 2. The average molecular weight is 273 g/mol. The Morgan fingerprint density at radius 2 is 2.10 bits per heavy atom. The van der Waals surface area contributed by atoms with Crippen LogP contribution in [0.1, 0.15) is 28.9 Å². The lowest BCUT2D eigenvalue weighted by Crippen LogP contribution is -2.39. The Hall–Kier alpha value is -1.88. The standard InChI is InChI=1S/C15H19N3O2/c1-10-8-16-15(17-12(10)3)18-6-7-19-14(9-18)13-5-4-11(2)20-13/h4-5,8,14H,6-7,9H2,1-3H3. The Morgan fingerprint density at radius 3 is 2.80 bits per heavy atom. The maximum Gasteiger partial charge on any atom is 0.225 e. The van der Waals surface area contributed by atoms with E-state index in [1.54, 1.807) is 0 Å². The van der Waals surface area contributed by atoms with Gasteiger partial charge in [-0.15, -0.1) is 0 Å². The minimum absolute atomic E-state index is 0.0531. The summed E-state index contributed by atoms with van der Waals surface area (Å²) in [7, 11) is 0. The van der Waals surface area contributed by atoms with Crippen molar-refractivity contribution in [2.45, 2.75) is 26.9 Å². The first-order chi connectivity index (χ1) is 9.63. The number of hydrogen-bond acceptors (Lipinski definition) is 5. The molecule has 3 heterocycles. The molecular formula is C15H19N3O2. The van der Waals surface area contributed by atoms with Gasteiger partial charge in [0.25, 0.3) is 0 Å². The Labute approximate surface area is 118 Å². The van der Waals surface area contributed by atoms with E-state index in [1.165, 1.54) is 0 Å². The molecule has 1 aliphatic rings. The highest BCUT2D eigenvalue weighted by atomic mass is 16.5. The van der Waals surface area contributed by atoms with Gasteiger partial charge in [-0.2, -0.15) is 0 Å². The Kier molecular flexibility index (Phi) is 3.44. The summed E-state index contributed by atoms with van der Waals surface area (Å²) < 4.78 is 11.4. The lowest BCUT2D eigenvalue weighted by molar-refractivity contribution is 0.0247. The number of furan rings is 1. The third-order valence-corrected chi connectivity index (χ3v) is 3.64. The van der Waals surface area contributed by atoms with Crippen molar-refractivity contribution in [2.75, 3.05) is 24.6 Å². The van der Waals surface area contributed by atoms with E-state index < -0.39 is 0 Å². The molecule has 106 valence electrons. The zero-order valence-corrected chi connectivity index (χ0v) is 12.1. The van der Waals surface area contributed by atoms with Crippen LogP contribution in [0, 0.1) is 20.8 Å². The summed E-state index contributed by atoms with van der Waals surface area (Å²) in [6.45, 7) is 8.15. The summed E-state index contributed by atoms with van der Waals surface area (Å²) >= 11 is 0. The van der Waals surface area contributed by atoms with Gasteiger partial charge >= 0.3 is 0 Å². The third kappa shape index (κ3) is 2.54. The molecular weight excluding hydrogens is 254 g/mol. The monoisotopic (exact) mass is 273 g/mol. The molecule has 1 atom stereocenters. The van der Waals surface area contributed by atoms with Gasteiger partial charge in [0.1, 0.15) is 17.6 Å². The van der Waals surface area contributed by atoms with Gasteiger partial charge in [0, 0.05) is 18.4 Å². The van der Waals surface area contributed by atoms with Crippen LogP contribution >= 0.6 is 0 Å². The number of aryl methyl sites for hydroxylation is 3. The molecule has 0 aliphatic carbocycles. The first-order valence-corrected chi connectivity index (χ1v) is 6.86. The van der Waals surface area contributed by atoms with Crippen LogP contribution in [0.5, 0.6) is 0 Å². The normalized spacial score (nSPS) is 19.4. The number of hydrogen-bond donors (Lipinski definition) is 0. The molecule has 0 saturated carbocycles. The number of nitrogens with zero attached hydrogens (tertiary/aromatic N) is 3. The van der Waals surface area contributed by atoms with E-state index in [0.717, 1.165) is 41.8 Å². The van der Waals surface area contributed by atoms with E-state index in [1.807, 2.05) is 39.1 Å². The van der Waals surface area contributed by atoms with E-state index in [9.17, 15) is 0 Å². The molecule has 1 unspecified atom stereocenters. The van der Waals surface area contributed by atoms with Crippen molar-refractivity contribution in [3.05, 3.63) is 41.1 Å². The van der Waals surface area contributed by atoms with Crippen LogP contribution in [0.15, 0.2) is 22.7 Å². The van der Waals surface area contributed by atoms with Crippen molar-refractivity contribution < 1.29 is 9.15 Å². The molecule has 0 N–H and O–H groups in total. The van der Waals surface area contributed by atoms with Gasteiger partial charge in [-0.25, -0.2) is 9.97 Å². The van der Waals surface area contributed by atoms with Gasteiger partial charge in [-0.05, 0) is 38.5 Å². The largest absolute Gasteiger partial charge is 0.464 e. The molecule has 0 spiro atoms. The van der Waals surface area contributed by atoms with Gasteiger partial charge in [-0.1, -0.05) is 0 Å². The second-order valence-corrected chi connectivity index (χ2v) is 5.19. The van der Waals surface area contributed by atoms with Crippen molar-refractivity contribution in [2.24, 2.45) is 0 Å². The predicted molar refractivity (Wildman–Crippen MR) is 75.9 cm³/mol. The van der Waals surface area contributed by atoms with Gasteiger partial charge in [0.05, 0.1) is 13.2 Å². The molecule has 5 heteroatoms. The number of morpholine rings is 1. The molecule has 0 radical (unpaired) electrons. The van der Waals surface area contributed by atoms with E-state index in [-0.39, 0.29) is 6.10 Å². The molecule has 0 amide bonds. The molecule has 20 heavy (non-hydrogen) atoms. The highest BCUT2D eigenvalue weighted by molar-refractivity contribution is 5.34. The second-order valence-electron chi connectivity index (χ2n) is 5.19. The number of anilines is 1. The molecule has 1 fully saturated rings. The Morgan fingerprint density at radius 1 is 1.25 bits per heavy atom. The summed E-state index contributed by atoms with van der Waals surface area (Å²) in [5, 5.41) is 0. The first-order valence-electron chi connectivity index (χ1n) is 6.86. The quantitative estimate of drug-likeness (QED) is 0.841. The van der Waals surface area contributed by atoms with Crippen LogP contribution in [0.4, 0.5) is 5.95 Å². The first kappa shape index (κ1) is 13.1. The average Bonchev–Trinajstić information content (AvgIpc) is 2.89. The zero-order valence-electron chi connectivity index (χ0n) is 12.1. The number of rotatable bonds is 2. The third-order valence-electron chi connectivity index (χ3n) is 3.64. The fraction of sp³-hybridized carbons (Fsp3) is 0.467. The van der Waals surface area contributed by atoms with Crippen molar-refractivity contribution in [3.8, 4) is 0 Å². The summed E-state index contributed by atoms with van der Waals surface area (Å²) in [4.78, 5) is 11.1. The smallest absolute Gasteiger partial charge is 0.225 e. The van der Waals surface area contributed by atoms with Crippen LogP contribution in [-0.4, -0.2) is 29.7 Å².